The molecule has 1 N–H and O–H groups in total. The molecule has 1 saturated heterocycles. The number of carbonyl (C=O) groups excluding carboxylic acids is 1. The molecule has 4 nitrogen and oxygen atoms in total. The number of hydrogen-bond donors (Lipinski definition) is 1. The smallest absolute Gasteiger partial charge is 0.270 e. The molecule has 0 bridgehead atoms. The molecule has 1 amide bonds. The number of likely N-dealkylation sites (tertiary alicyclic amines) is 1. The van der Waals surface area contributed by atoms with E-state index in [1.54, 1.807) is 7.11 Å². The Labute approximate surface area is 131 Å². The van der Waals surface area contributed by atoms with Gasteiger partial charge in [-0.3, -0.25) is 4.79 Å². The van der Waals surface area contributed by atoms with Crippen molar-refractivity contribution in [3.63, 3.8) is 0 Å². The maximum Gasteiger partial charge on any atom is 0.270 e. The van der Waals surface area contributed by atoms with Crippen molar-refractivity contribution in [3.8, 4) is 0 Å². The summed E-state index contributed by atoms with van der Waals surface area (Å²) in [7, 11) is 1.70. The standard InChI is InChI=1S/C18H24N2O2/c1-11-7-8-12(2)16-15(11)13(3)17(19-16)18(21)20-9-5-6-14(20)10-22-4/h7-8,14,19H,5-6,9-10H2,1-4H3/t14-/m0/s1. The van der Waals surface area contributed by atoms with Crippen LogP contribution in [0.1, 0.15) is 40.0 Å². The molecule has 1 atom stereocenters. The third-order valence-electron chi connectivity index (χ3n) is 4.83. The van der Waals surface area contributed by atoms with Gasteiger partial charge < -0.3 is 14.6 Å². The van der Waals surface area contributed by atoms with Gasteiger partial charge in [0.2, 0.25) is 0 Å². The minimum absolute atomic E-state index is 0.104. The van der Waals surface area contributed by atoms with Crippen molar-refractivity contribution in [2.75, 3.05) is 20.3 Å². The first-order valence-corrected chi connectivity index (χ1v) is 7.93. The number of nitrogens with zero attached hydrogens (tertiary/aromatic N) is 1. The van der Waals surface area contributed by atoms with Crippen LogP contribution in [0.3, 0.4) is 0 Å². The molecule has 1 aliphatic heterocycles. The van der Waals surface area contributed by atoms with Crippen LogP contribution < -0.4 is 0 Å². The van der Waals surface area contributed by atoms with Crippen LogP contribution in [-0.4, -0.2) is 42.1 Å². The summed E-state index contributed by atoms with van der Waals surface area (Å²) in [6.45, 7) is 7.65. The van der Waals surface area contributed by atoms with E-state index in [2.05, 4.69) is 31.0 Å². The molecule has 0 radical (unpaired) electrons. The Bertz CT molecular complexity index is 717. The third kappa shape index (κ3) is 2.31. The number of aromatic amines is 1. The van der Waals surface area contributed by atoms with Crippen molar-refractivity contribution < 1.29 is 9.53 Å². The van der Waals surface area contributed by atoms with Gasteiger partial charge in [0.1, 0.15) is 5.69 Å². The van der Waals surface area contributed by atoms with E-state index in [0.29, 0.717) is 6.61 Å². The molecule has 3 rings (SSSR count). The number of aryl methyl sites for hydroxylation is 3. The molecular weight excluding hydrogens is 276 g/mol. The molecule has 1 aliphatic rings. The van der Waals surface area contributed by atoms with Crippen LogP contribution in [-0.2, 0) is 4.74 Å². The second-order valence-corrected chi connectivity index (χ2v) is 6.32. The van der Waals surface area contributed by atoms with Gasteiger partial charge in [0, 0.05) is 24.6 Å². The minimum Gasteiger partial charge on any atom is -0.383 e. The summed E-state index contributed by atoms with van der Waals surface area (Å²) < 4.78 is 5.27. The van der Waals surface area contributed by atoms with Crippen molar-refractivity contribution in [1.29, 1.82) is 0 Å². The van der Waals surface area contributed by atoms with E-state index in [1.807, 2.05) is 11.8 Å². The van der Waals surface area contributed by atoms with Crippen molar-refractivity contribution in [1.82, 2.24) is 9.88 Å². The van der Waals surface area contributed by atoms with Crippen LogP contribution in [0.2, 0.25) is 0 Å². The normalized spacial score (nSPS) is 18.4. The van der Waals surface area contributed by atoms with Gasteiger partial charge >= 0.3 is 0 Å². The van der Waals surface area contributed by atoms with Crippen LogP contribution in [0.5, 0.6) is 0 Å². The number of nitrogens with one attached hydrogen (secondary N) is 1. The Morgan fingerprint density at radius 3 is 2.73 bits per heavy atom. The topological polar surface area (TPSA) is 45.3 Å². The van der Waals surface area contributed by atoms with Gasteiger partial charge in [-0.15, -0.1) is 0 Å². The average molecular weight is 300 g/mol. The molecule has 0 unspecified atom stereocenters. The fourth-order valence-electron chi connectivity index (χ4n) is 3.63. The first-order chi connectivity index (χ1) is 10.5. The fraction of sp³-hybridized carbons (Fsp3) is 0.500. The van der Waals surface area contributed by atoms with Crippen LogP contribution in [0.25, 0.3) is 10.9 Å². The number of H-pyrrole nitrogens is 1. The van der Waals surface area contributed by atoms with Crippen LogP contribution in [0.15, 0.2) is 12.1 Å². The molecule has 1 aromatic heterocycles. The number of hydrogen-bond acceptors (Lipinski definition) is 2. The maximum atomic E-state index is 13.0. The molecule has 0 aliphatic carbocycles. The van der Waals surface area contributed by atoms with E-state index < -0.39 is 0 Å². The number of ether oxygens (including phenoxy) is 1. The third-order valence-corrected chi connectivity index (χ3v) is 4.83. The predicted molar refractivity (Wildman–Crippen MR) is 88.4 cm³/mol. The number of rotatable bonds is 3. The lowest BCUT2D eigenvalue weighted by Gasteiger charge is -2.23. The van der Waals surface area contributed by atoms with E-state index in [1.165, 1.54) is 16.5 Å². The van der Waals surface area contributed by atoms with Gasteiger partial charge in [0.25, 0.3) is 5.91 Å². The molecule has 118 valence electrons. The Morgan fingerprint density at radius 2 is 2.05 bits per heavy atom. The van der Waals surface area contributed by atoms with Gasteiger partial charge in [-0.1, -0.05) is 12.1 Å². The zero-order valence-corrected chi connectivity index (χ0v) is 13.8. The van der Waals surface area contributed by atoms with E-state index in [9.17, 15) is 4.79 Å². The zero-order chi connectivity index (χ0) is 15.9. The largest absolute Gasteiger partial charge is 0.383 e. The van der Waals surface area contributed by atoms with Gasteiger partial charge in [-0.05, 0) is 50.3 Å². The Kier molecular flexibility index (Phi) is 3.96. The highest BCUT2D eigenvalue weighted by Crippen LogP contribution is 2.29. The number of benzene rings is 1. The van der Waals surface area contributed by atoms with Crippen molar-refractivity contribution in [2.24, 2.45) is 0 Å². The summed E-state index contributed by atoms with van der Waals surface area (Å²) in [6, 6.07) is 4.42. The summed E-state index contributed by atoms with van der Waals surface area (Å²) in [5.41, 5.74) is 5.27. The van der Waals surface area contributed by atoms with E-state index >= 15 is 0 Å². The highest BCUT2D eigenvalue weighted by atomic mass is 16.5. The molecule has 2 heterocycles. The molecule has 1 fully saturated rings. The van der Waals surface area contributed by atoms with Crippen molar-refractivity contribution in [2.45, 2.75) is 39.7 Å². The maximum absolute atomic E-state index is 13.0. The van der Waals surface area contributed by atoms with Crippen LogP contribution in [0.4, 0.5) is 0 Å². The Hall–Kier alpha value is -1.81. The summed E-state index contributed by atoms with van der Waals surface area (Å²) in [5.74, 6) is 0.104. The van der Waals surface area contributed by atoms with Crippen LogP contribution in [0, 0.1) is 20.8 Å². The lowest BCUT2D eigenvalue weighted by Crippen LogP contribution is -2.38. The highest BCUT2D eigenvalue weighted by Gasteiger charge is 2.31. The predicted octanol–water partition coefficient (Wildman–Crippen LogP) is 3.34. The second-order valence-electron chi connectivity index (χ2n) is 6.32. The summed E-state index contributed by atoms with van der Waals surface area (Å²) in [5, 5.41) is 1.19. The van der Waals surface area contributed by atoms with Crippen molar-refractivity contribution >= 4 is 16.8 Å². The average Bonchev–Trinajstić information content (AvgIpc) is 3.08. The Morgan fingerprint density at radius 1 is 1.32 bits per heavy atom. The molecule has 1 aromatic carbocycles. The quantitative estimate of drug-likeness (QED) is 0.945. The summed E-state index contributed by atoms with van der Waals surface area (Å²) in [4.78, 5) is 18.3. The molecule has 4 heteroatoms. The second kappa shape index (κ2) is 5.76. The number of fused-ring (bicyclic) bond motifs is 1. The highest BCUT2D eigenvalue weighted by molar-refractivity contribution is 6.02. The lowest BCUT2D eigenvalue weighted by molar-refractivity contribution is 0.0625. The van der Waals surface area contributed by atoms with Gasteiger partial charge in [0.05, 0.1) is 12.6 Å². The van der Waals surface area contributed by atoms with E-state index in [-0.39, 0.29) is 11.9 Å². The number of carbonyl (C=O) groups is 1. The molecule has 0 spiro atoms. The first kappa shape index (κ1) is 15.1. The van der Waals surface area contributed by atoms with E-state index in [0.717, 1.165) is 36.2 Å². The van der Waals surface area contributed by atoms with Gasteiger partial charge in [0.15, 0.2) is 0 Å². The zero-order valence-electron chi connectivity index (χ0n) is 13.8. The first-order valence-electron chi connectivity index (χ1n) is 7.93. The molecule has 22 heavy (non-hydrogen) atoms. The number of methoxy groups -OCH3 is 1. The number of aromatic nitrogens is 1. The molecule has 0 saturated carbocycles. The number of amides is 1. The SMILES string of the molecule is COC[C@@H]1CCCN1C(=O)c1[nH]c2c(C)ccc(C)c2c1C. The van der Waals surface area contributed by atoms with Crippen molar-refractivity contribution in [3.05, 3.63) is 34.5 Å². The lowest BCUT2D eigenvalue weighted by atomic mass is 10.0. The monoisotopic (exact) mass is 300 g/mol. The fourth-order valence-corrected chi connectivity index (χ4v) is 3.63. The summed E-state index contributed by atoms with van der Waals surface area (Å²) >= 11 is 0. The van der Waals surface area contributed by atoms with Crippen LogP contribution >= 0.6 is 0 Å². The minimum atomic E-state index is 0.104. The van der Waals surface area contributed by atoms with Gasteiger partial charge in [-0.2, -0.15) is 0 Å². The molecule has 2 aromatic rings. The summed E-state index contributed by atoms with van der Waals surface area (Å²) in [6.07, 6.45) is 2.08. The molecular formula is C18H24N2O2. The van der Waals surface area contributed by atoms with Gasteiger partial charge in [-0.25, -0.2) is 0 Å². The Balaban J connectivity index is 2.03. The van der Waals surface area contributed by atoms with E-state index in [4.69, 9.17) is 4.74 Å².